The van der Waals surface area contributed by atoms with Gasteiger partial charge in [-0.25, -0.2) is 0 Å². The van der Waals surface area contributed by atoms with Gasteiger partial charge in [-0.15, -0.1) is 0 Å². The summed E-state index contributed by atoms with van der Waals surface area (Å²) in [4.78, 5) is 4.70. The first-order valence-electron chi connectivity index (χ1n) is 40.7. The zero-order chi connectivity index (χ0) is 78.2. The molecule has 21 rings (SSSR count). The Hall–Kier alpha value is -15.5. The van der Waals surface area contributed by atoms with Crippen molar-refractivity contribution in [3.63, 3.8) is 0 Å². The minimum atomic E-state index is 1.08. The van der Waals surface area contributed by atoms with Crippen LogP contribution in [0.5, 0.6) is 0 Å². The Bertz CT molecular complexity index is 7300. The van der Waals surface area contributed by atoms with E-state index < -0.39 is 0 Å². The van der Waals surface area contributed by atoms with Crippen LogP contribution >= 0.6 is 0 Å². The van der Waals surface area contributed by atoms with Gasteiger partial charge in [0.2, 0.25) is 0 Å². The molecule has 21 aromatic carbocycles. The summed E-state index contributed by atoms with van der Waals surface area (Å²) >= 11 is 0. The van der Waals surface area contributed by atoms with Crippen molar-refractivity contribution in [3.8, 4) is 122 Å². The van der Waals surface area contributed by atoms with E-state index >= 15 is 0 Å². The fourth-order valence-corrected chi connectivity index (χ4v) is 17.8. The van der Waals surface area contributed by atoms with Crippen LogP contribution in [0.25, 0.3) is 176 Å². The molecule has 0 aliphatic rings. The van der Waals surface area contributed by atoms with Crippen LogP contribution in [0.2, 0.25) is 0 Å². The number of nitrogens with zero attached hydrogens (tertiary/aromatic N) is 2. The highest BCUT2D eigenvalue weighted by Crippen LogP contribution is 2.47. The van der Waals surface area contributed by atoms with E-state index in [0.717, 1.165) is 61.9 Å². The second-order valence-electron chi connectivity index (χ2n) is 30.6. The van der Waals surface area contributed by atoms with Crippen LogP contribution < -0.4 is 9.80 Å². The molecular formula is C116H78N2. The molecule has 0 saturated carbocycles. The van der Waals surface area contributed by atoms with Gasteiger partial charge in [0, 0.05) is 34.1 Å². The molecule has 0 radical (unpaired) electrons. The van der Waals surface area contributed by atoms with E-state index in [1.54, 1.807) is 0 Å². The largest absolute Gasteiger partial charge is 0.311 e. The first kappa shape index (κ1) is 70.4. The molecule has 21 aromatic rings. The Kier molecular flexibility index (Phi) is 18.4. The fraction of sp³-hybridized carbons (Fsp3) is 0. The second kappa shape index (κ2) is 30.8. The van der Waals surface area contributed by atoms with Gasteiger partial charge in [0.25, 0.3) is 0 Å². The molecule has 0 amide bonds. The molecule has 0 aliphatic carbocycles. The highest BCUT2D eigenvalue weighted by Gasteiger charge is 2.22. The van der Waals surface area contributed by atoms with E-state index in [1.165, 1.54) is 148 Å². The predicted octanol–water partition coefficient (Wildman–Crippen LogP) is 32.7. The first-order chi connectivity index (χ1) is 58.5. The highest BCUT2D eigenvalue weighted by atomic mass is 15.1. The molecule has 0 saturated heterocycles. The monoisotopic (exact) mass is 1500 g/mol. The predicted molar refractivity (Wildman–Crippen MR) is 503 cm³/mol. The van der Waals surface area contributed by atoms with Gasteiger partial charge in [-0.3, -0.25) is 0 Å². The molecule has 0 fully saturated rings. The molecule has 0 bridgehead atoms. The molecule has 0 atom stereocenters. The van der Waals surface area contributed by atoms with Gasteiger partial charge in [-0.2, -0.15) is 0 Å². The molecular weight excluding hydrogens is 1420 g/mol. The van der Waals surface area contributed by atoms with Gasteiger partial charge >= 0.3 is 0 Å². The van der Waals surface area contributed by atoms with Crippen molar-refractivity contribution in [3.05, 3.63) is 473 Å². The van der Waals surface area contributed by atoms with Gasteiger partial charge in [0.05, 0.1) is 0 Å². The normalized spacial score (nSPS) is 11.4. The summed E-state index contributed by atoms with van der Waals surface area (Å²) < 4.78 is 0. The van der Waals surface area contributed by atoms with Crippen molar-refractivity contribution >= 4 is 88.0 Å². The molecule has 0 aliphatic heterocycles. The van der Waals surface area contributed by atoms with Crippen LogP contribution in [0.3, 0.4) is 0 Å². The molecule has 0 unspecified atom stereocenters. The minimum absolute atomic E-state index is 1.08. The number of rotatable bonds is 17. The van der Waals surface area contributed by atoms with E-state index in [-0.39, 0.29) is 0 Å². The summed E-state index contributed by atoms with van der Waals surface area (Å²) in [6.45, 7) is 0. The topological polar surface area (TPSA) is 6.48 Å². The van der Waals surface area contributed by atoms with Gasteiger partial charge in [-0.1, -0.05) is 358 Å². The number of fused-ring (bicyclic) bond motifs is 6. The lowest BCUT2D eigenvalue weighted by atomic mass is 9.86. The fourth-order valence-electron chi connectivity index (χ4n) is 17.8. The standard InChI is InChI=1S/C116H78N2/c1-5-25-85(26-6-1)113-75-92(58-69-110(113)106-44-21-32-84-29-15-17-41-103(84)106)82-54-65-102(66-55-82)118(98-39-11-4-12-40-98)100-63-52-81(53-64-100)89-34-20-36-94(74-89)115-77-95-31-16-18-42-105(95)116-78-96(60-71-112(115)116)104-43-22-46-108-107(104)45-23-47-109(108)111-70-59-93(76-114(111)86-27-7-2-8-28-86)83-56-67-101(68-57-83)117(97-37-9-3-10-38-97)99-61-50-80(51-62-99)88-33-19-35-90(72-88)91-49-48-79-24-13-14-30-87(79)73-91/h1-78H. The zero-order valence-corrected chi connectivity index (χ0v) is 64.9. The number of anilines is 6. The average molecular weight is 1500 g/mol. The number of hydrogen-bond donors (Lipinski definition) is 0. The van der Waals surface area contributed by atoms with E-state index in [1.807, 2.05) is 0 Å². The third kappa shape index (κ3) is 13.5. The van der Waals surface area contributed by atoms with Gasteiger partial charge in [-0.05, 0) is 292 Å². The third-order valence-corrected chi connectivity index (χ3v) is 23.7. The van der Waals surface area contributed by atoms with Crippen LogP contribution in [0.15, 0.2) is 473 Å². The Morgan fingerprint density at radius 3 is 0.949 bits per heavy atom. The molecule has 0 N–H and O–H groups in total. The molecule has 2 nitrogen and oxygen atoms in total. The van der Waals surface area contributed by atoms with E-state index in [0.29, 0.717) is 0 Å². The van der Waals surface area contributed by atoms with Crippen LogP contribution in [-0.4, -0.2) is 0 Å². The van der Waals surface area contributed by atoms with Gasteiger partial charge in [0.1, 0.15) is 0 Å². The second-order valence-corrected chi connectivity index (χ2v) is 30.6. The molecule has 0 aromatic heterocycles. The molecule has 0 spiro atoms. The van der Waals surface area contributed by atoms with Crippen molar-refractivity contribution in [1.82, 2.24) is 0 Å². The van der Waals surface area contributed by atoms with Crippen molar-refractivity contribution in [2.24, 2.45) is 0 Å². The lowest BCUT2D eigenvalue weighted by Crippen LogP contribution is -2.09. The number of benzene rings is 21. The van der Waals surface area contributed by atoms with Crippen molar-refractivity contribution in [2.75, 3.05) is 9.80 Å². The lowest BCUT2D eigenvalue weighted by Gasteiger charge is -2.26. The van der Waals surface area contributed by atoms with Crippen molar-refractivity contribution < 1.29 is 0 Å². The van der Waals surface area contributed by atoms with Crippen LogP contribution in [0.4, 0.5) is 34.1 Å². The van der Waals surface area contributed by atoms with Gasteiger partial charge in [0.15, 0.2) is 0 Å². The van der Waals surface area contributed by atoms with Crippen molar-refractivity contribution in [2.45, 2.75) is 0 Å². The average Bonchev–Trinajstić information content (AvgIpc) is 0.817. The smallest absolute Gasteiger partial charge is 0.0462 e. The third-order valence-electron chi connectivity index (χ3n) is 23.7. The van der Waals surface area contributed by atoms with E-state index in [9.17, 15) is 0 Å². The lowest BCUT2D eigenvalue weighted by molar-refractivity contribution is 1.28. The van der Waals surface area contributed by atoms with Crippen LogP contribution in [-0.2, 0) is 0 Å². The zero-order valence-electron chi connectivity index (χ0n) is 64.9. The Morgan fingerprint density at radius 1 is 0.102 bits per heavy atom. The maximum Gasteiger partial charge on any atom is 0.0462 e. The van der Waals surface area contributed by atoms with Crippen molar-refractivity contribution in [1.29, 1.82) is 0 Å². The van der Waals surface area contributed by atoms with Crippen LogP contribution in [0, 0.1) is 0 Å². The first-order valence-corrected chi connectivity index (χ1v) is 40.7. The summed E-state index contributed by atoms with van der Waals surface area (Å²) in [5, 5.41) is 12.3. The molecule has 0 heterocycles. The number of para-hydroxylation sites is 2. The highest BCUT2D eigenvalue weighted by molar-refractivity contribution is 6.16. The molecule has 118 heavy (non-hydrogen) atoms. The van der Waals surface area contributed by atoms with E-state index in [2.05, 4.69) is 483 Å². The number of hydrogen-bond acceptors (Lipinski definition) is 2. The Labute approximate surface area is 688 Å². The maximum atomic E-state index is 2.43. The molecule has 2 heteroatoms. The SMILES string of the molecule is c1ccc(-c2cc(-c3ccc(N(c4ccccc4)c4ccc(-c5cccc(-c6cc7ccccc7c7cc(-c8cccc9c(-c%10ccc(-c%11ccc(N(c%12ccccc%12)c%12ccc(-c%13cccc(-c%14ccc%15ccccc%15c%14)c%13)cc%12)cc%11)cc%10-c%10ccccc%10)cccc89)ccc67)c5)cc4)cc3)ccc2-c2cccc3ccccc23)cc1. The van der Waals surface area contributed by atoms with Gasteiger partial charge < -0.3 is 9.80 Å². The maximum absolute atomic E-state index is 2.43. The van der Waals surface area contributed by atoms with E-state index in [4.69, 9.17) is 0 Å². The summed E-state index contributed by atoms with van der Waals surface area (Å²) in [7, 11) is 0. The van der Waals surface area contributed by atoms with Crippen LogP contribution in [0.1, 0.15) is 0 Å². The summed E-state index contributed by atoms with van der Waals surface area (Å²) in [6, 6.07) is 174. The summed E-state index contributed by atoms with van der Waals surface area (Å²) in [6.07, 6.45) is 0. The Balaban J connectivity index is 0.567. The quantitative estimate of drug-likeness (QED) is 0.0839. The molecule has 552 valence electrons. The summed E-state index contributed by atoms with van der Waals surface area (Å²) in [5.74, 6) is 0. The minimum Gasteiger partial charge on any atom is -0.311 e. The summed E-state index contributed by atoms with van der Waals surface area (Å²) in [5.41, 5.74) is 32.6. The Morgan fingerprint density at radius 2 is 0.415 bits per heavy atom.